The molecule has 1 aromatic heterocycles. The predicted molar refractivity (Wildman–Crippen MR) is 58.4 cm³/mol. The molecular formula is C12H14N2. The van der Waals surface area contributed by atoms with E-state index < -0.39 is 0 Å². The van der Waals surface area contributed by atoms with Gasteiger partial charge in [-0.15, -0.1) is 0 Å². The fourth-order valence-electron chi connectivity index (χ4n) is 1.48. The first-order chi connectivity index (χ1) is 6.66. The summed E-state index contributed by atoms with van der Waals surface area (Å²) in [5, 5.41) is 0. The maximum absolute atomic E-state index is 4.41. The molecule has 2 nitrogen and oxygen atoms in total. The highest BCUT2D eigenvalue weighted by molar-refractivity contribution is 5.74. The second kappa shape index (κ2) is 3.37. The van der Waals surface area contributed by atoms with Crippen LogP contribution in [-0.4, -0.2) is 9.97 Å². The van der Waals surface area contributed by atoms with Crippen molar-refractivity contribution in [1.82, 2.24) is 9.97 Å². The number of aryl methyl sites for hydroxylation is 1. The molecule has 0 aliphatic carbocycles. The van der Waals surface area contributed by atoms with Crippen LogP contribution in [0.3, 0.4) is 0 Å². The van der Waals surface area contributed by atoms with Gasteiger partial charge in [-0.1, -0.05) is 19.9 Å². The Balaban J connectivity index is 2.62. The van der Waals surface area contributed by atoms with E-state index in [0.29, 0.717) is 5.92 Å². The van der Waals surface area contributed by atoms with Crippen LogP contribution in [0.25, 0.3) is 11.0 Å². The Labute approximate surface area is 84.0 Å². The second-order valence-electron chi connectivity index (χ2n) is 3.91. The molecule has 0 atom stereocenters. The van der Waals surface area contributed by atoms with Gasteiger partial charge in [0.25, 0.3) is 0 Å². The molecule has 0 aliphatic heterocycles. The Kier molecular flexibility index (Phi) is 2.20. The molecule has 1 heterocycles. The minimum absolute atomic E-state index is 0.544. The number of benzene rings is 1. The summed E-state index contributed by atoms with van der Waals surface area (Å²) in [5.74, 6) is 0.544. The molecule has 0 bridgehead atoms. The first-order valence-electron chi connectivity index (χ1n) is 4.90. The summed E-state index contributed by atoms with van der Waals surface area (Å²) in [4.78, 5) is 8.77. The van der Waals surface area contributed by atoms with Crippen molar-refractivity contribution in [3.8, 4) is 0 Å². The van der Waals surface area contributed by atoms with E-state index in [-0.39, 0.29) is 0 Å². The normalized spacial score (nSPS) is 11.1. The zero-order valence-electron chi connectivity index (χ0n) is 8.78. The summed E-state index contributed by atoms with van der Waals surface area (Å²) < 4.78 is 0. The Morgan fingerprint density at radius 2 is 1.93 bits per heavy atom. The highest BCUT2D eigenvalue weighted by atomic mass is 14.8. The van der Waals surface area contributed by atoms with E-state index in [1.807, 2.05) is 19.2 Å². The molecular weight excluding hydrogens is 172 g/mol. The van der Waals surface area contributed by atoms with Crippen LogP contribution in [0.5, 0.6) is 0 Å². The van der Waals surface area contributed by atoms with Gasteiger partial charge in [0.1, 0.15) is 0 Å². The van der Waals surface area contributed by atoms with Gasteiger partial charge < -0.3 is 0 Å². The third-order valence-corrected chi connectivity index (χ3v) is 2.35. The van der Waals surface area contributed by atoms with Gasteiger partial charge in [0.05, 0.1) is 16.7 Å². The maximum Gasteiger partial charge on any atom is 0.0890 e. The molecule has 0 unspecified atom stereocenters. The van der Waals surface area contributed by atoms with Crippen molar-refractivity contribution in [2.24, 2.45) is 0 Å². The molecule has 2 heteroatoms. The van der Waals surface area contributed by atoms with E-state index in [1.54, 1.807) is 0 Å². The number of rotatable bonds is 1. The van der Waals surface area contributed by atoms with Gasteiger partial charge >= 0.3 is 0 Å². The zero-order valence-corrected chi connectivity index (χ0v) is 8.78. The number of hydrogen-bond acceptors (Lipinski definition) is 2. The largest absolute Gasteiger partial charge is 0.253 e. The number of nitrogens with zero attached hydrogens (tertiary/aromatic N) is 2. The summed E-state index contributed by atoms with van der Waals surface area (Å²) in [6, 6.07) is 6.29. The molecule has 0 N–H and O–H groups in total. The lowest BCUT2D eigenvalue weighted by Crippen LogP contribution is -1.91. The quantitative estimate of drug-likeness (QED) is 0.684. The van der Waals surface area contributed by atoms with E-state index >= 15 is 0 Å². The minimum Gasteiger partial charge on any atom is -0.253 e. The lowest BCUT2D eigenvalue weighted by Gasteiger charge is -2.05. The van der Waals surface area contributed by atoms with E-state index in [1.165, 1.54) is 5.56 Å². The van der Waals surface area contributed by atoms with Crippen molar-refractivity contribution >= 4 is 11.0 Å². The Hall–Kier alpha value is -1.44. The molecule has 72 valence electrons. The standard InChI is InChI=1S/C12H14N2/c1-8(2)10-4-5-11-12(6-10)13-7-9(3)14-11/h4-8H,1-3H3. The van der Waals surface area contributed by atoms with Crippen molar-refractivity contribution in [3.05, 3.63) is 35.7 Å². The van der Waals surface area contributed by atoms with Gasteiger partial charge in [-0.3, -0.25) is 4.98 Å². The Morgan fingerprint density at radius 3 is 2.64 bits per heavy atom. The highest BCUT2D eigenvalue weighted by Crippen LogP contribution is 2.18. The van der Waals surface area contributed by atoms with E-state index in [0.717, 1.165) is 16.7 Å². The molecule has 0 spiro atoms. The third kappa shape index (κ3) is 1.60. The zero-order chi connectivity index (χ0) is 10.1. The second-order valence-corrected chi connectivity index (χ2v) is 3.91. The first kappa shape index (κ1) is 9.13. The molecule has 0 radical (unpaired) electrons. The minimum atomic E-state index is 0.544. The summed E-state index contributed by atoms with van der Waals surface area (Å²) in [6.07, 6.45) is 1.81. The van der Waals surface area contributed by atoms with E-state index in [9.17, 15) is 0 Å². The monoisotopic (exact) mass is 186 g/mol. The molecule has 1 aromatic carbocycles. The fourth-order valence-corrected chi connectivity index (χ4v) is 1.48. The van der Waals surface area contributed by atoms with Gasteiger partial charge in [-0.2, -0.15) is 0 Å². The lowest BCUT2D eigenvalue weighted by molar-refractivity contribution is 0.868. The topological polar surface area (TPSA) is 25.8 Å². The maximum atomic E-state index is 4.41. The van der Waals surface area contributed by atoms with Crippen LogP contribution >= 0.6 is 0 Å². The van der Waals surface area contributed by atoms with E-state index in [4.69, 9.17) is 0 Å². The number of fused-ring (bicyclic) bond motifs is 1. The average molecular weight is 186 g/mol. The van der Waals surface area contributed by atoms with Crippen LogP contribution in [0, 0.1) is 6.92 Å². The third-order valence-electron chi connectivity index (χ3n) is 2.35. The Bertz CT molecular complexity index is 461. The van der Waals surface area contributed by atoms with Crippen LogP contribution in [0.2, 0.25) is 0 Å². The summed E-state index contributed by atoms with van der Waals surface area (Å²) >= 11 is 0. The molecule has 0 saturated carbocycles. The molecule has 0 saturated heterocycles. The molecule has 2 rings (SSSR count). The molecule has 14 heavy (non-hydrogen) atoms. The van der Waals surface area contributed by atoms with Gasteiger partial charge in [-0.05, 0) is 30.5 Å². The van der Waals surface area contributed by atoms with Crippen LogP contribution in [-0.2, 0) is 0 Å². The first-order valence-corrected chi connectivity index (χ1v) is 4.90. The molecule has 0 aliphatic rings. The lowest BCUT2D eigenvalue weighted by atomic mass is 10.0. The summed E-state index contributed by atoms with van der Waals surface area (Å²) in [5.41, 5.74) is 4.25. The number of hydrogen-bond donors (Lipinski definition) is 0. The fraction of sp³-hybridized carbons (Fsp3) is 0.333. The van der Waals surface area contributed by atoms with Crippen molar-refractivity contribution in [3.63, 3.8) is 0 Å². The molecule has 0 amide bonds. The summed E-state index contributed by atoms with van der Waals surface area (Å²) in [7, 11) is 0. The van der Waals surface area contributed by atoms with Gasteiger partial charge in [0, 0.05) is 6.20 Å². The van der Waals surface area contributed by atoms with Crippen molar-refractivity contribution in [1.29, 1.82) is 0 Å². The SMILES string of the molecule is Cc1cnc2cc(C(C)C)ccc2n1. The smallest absolute Gasteiger partial charge is 0.0890 e. The van der Waals surface area contributed by atoms with Crippen LogP contribution in [0.1, 0.15) is 31.0 Å². The van der Waals surface area contributed by atoms with Crippen LogP contribution in [0.4, 0.5) is 0 Å². The molecule has 0 fully saturated rings. The average Bonchev–Trinajstić information content (AvgIpc) is 2.16. The Morgan fingerprint density at radius 1 is 1.14 bits per heavy atom. The van der Waals surface area contributed by atoms with Crippen LogP contribution < -0.4 is 0 Å². The van der Waals surface area contributed by atoms with Crippen molar-refractivity contribution in [2.45, 2.75) is 26.7 Å². The van der Waals surface area contributed by atoms with Gasteiger partial charge in [0.2, 0.25) is 0 Å². The van der Waals surface area contributed by atoms with Gasteiger partial charge in [0.15, 0.2) is 0 Å². The van der Waals surface area contributed by atoms with E-state index in [2.05, 4.69) is 35.9 Å². The predicted octanol–water partition coefficient (Wildman–Crippen LogP) is 3.06. The highest BCUT2D eigenvalue weighted by Gasteiger charge is 2.02. The molecule has 2 aromatic rings. The van der Waals surface area contributed by atoms with Crippen molar-refractivity contribution < 1.29 is 0 Å². The van der Waals surface area contributed by atoms with Crippen LogP contribution in [0.15, 0.2) is 24.4 Å². The van der Waals surface area contributed by atoms with Crippen molar-refractivity contribution in [2.75, 3.05) is 0 Å². The van der Waals surface area contributed by atoms with Gasteiger partial charge in [-0.25, -0.2) is 4.98 Å². The number of aromatic nitrogens is 2. The summed E-state index contributed by atoms with van der Waals surface area (Å²) in [6.45, 7) is 6.33.